The zero-order valence-corrected chi connectivity index (χ0v) is 60.5. The summed E-state index contributed by atoms with van der Waals surface area (Å²) >= 11 is 18.9. The van der Waals surface area contributed by atoms with Crippen LogP contribution >= 0.6 is 34.8 Å². The summed E-state index contributed by atoms with van der Waals surface area (Å²) in [5.41, 5.74) is 18.2. The molecule has 0 saturated carbocycles. The smallest absolute Gasteiger partial charge is 0.254 e. The lowest BCUT2D eigenvalue weighted by Crippen LogP contribution is -2.30. The standard InChI is InChI=1S/C16H16ClN5.C16H16N4.C15H14ClN5.C15H12ClN5.C15H15N5/c1-10-7-13-11(2)20-16-18-9-19-22(16)15(13)21(10)8-12-5-3-4-6-14(12)17;1-12-14-8-10-19(11-13-5-3-2-4-6-13)16(14)20-15(18-12)7-9-17-20;2*1-10-12-6-7-20(8-11-4-2-3-5-13(11)16)14(12)21-15(19-10)17-9-18-21;1-11-13-7-8-19(9-12-5-3-2-4-6-12)14(13)20-15(18-11)16-10-17-20/h3-6,9-10H,7-8H2,1-2H3;2-7,9H,8,10-11H2,1H3;2-5,9H,6-8H2,1H3;2-7,9H,8H2,1H3;2-6,10H,7-9H2,1H3. The quantitative estimate of drug-likeness (QED) is 0.124. The number of aromatic nitrogens is 20. The second-order valence-corrected chi connectivity index (χ2v) is 27.5. The predicted molar refractivity (Wildman–Crippen MR) is 405 cm³/mol. The van der Waals surface area contributed by atoms with Gasteiger partial charge in [0, 0.05) is 130 Å². The lowest BCUT2D eigenvalue weighted by atomic mass is 10.1. The number of hydrogen-bond acceptors (Lipinski definition) is 18. The van der Waals surface area contributed by atoms with E-state index in [2.05, 4.69) is 188 Å². The van der Waals surface area contributed by atoms with Crippen molar-refractivity contribution in [2.24, 2.45) is 0 Å². The number of rotatable bonds is 10. The summed E-state index contributed by atoms with van der Waals surface area (Å²) in [6.45, 7) is 19.4. The molecule has 0 spiro atoms. The molecule has 522 valence electrons. The van der Waals surface area contributed by atoms with Crippen molar-refractivity contribution in [1.29, 1.82) is 0 Å². The first-order chi connectivity index (χ1) is 50.8. The van der Waals surface area contributed by atoms with Gasteiger partial charge in [-0.1, -0.05) is 150 Å². The largest absolute Gasteiger partial charge is 0.352 e. The summed E-state index contributed by atoms with van der Waals surface area (Å²) in [4.78, 5) is 48.9. The van der Waals surface area contributed by atoms with E-state index in [0.717, 1.165) is 166 Å². The summed E-state index contributed by atoms with van der Waals surface area (Å²) in [5, 5.41) is 25.1. The molecule has 0 aliphatic carbocycles. The van der Waals surface area contributed by atoms with Gasteiger partial charge in [0.15, 0.2) is 5.65 Å². The van der Waals surface area contributed by atoms with Gasteiger partial charge in [-0.25, -0.2) is 24.9 Å². The highest BCUT2D eigenvalue weighted by Crippen LogP contribution is 2.38. The molecule has 4 aliphatic rings. The maximum Gasteiger partial charge on any atom is 0.254 e. The molecule has 27 heteroatoms. The molecular weight excluding hydrogens is 1370 g/mol. The Bertz CT molecular complexity index is 5670. The third kappa shape index (κ3) is 13.1. The molecule has 4 aliphatic heterocycles. The molecule has 0 N–H and O–H groups in total. The number of nitrogens with zero attached hydrogens (tertiary/aromatic N) is 24. The molecule has 11 aromatic heterocycles. The fraction of sp³-hybridized carbons (Fsp3) is 0.247. The van der Waals surface area contributed by atoms with E-state index in [-0.39, 0.29) is 0 Å². The fourth-order valence-electron chi connectivity index (χ4n) is 14.6. The molecule has 0 fully saturated rings. The third-order valence-electron chi connectivity index (χ3n) is 19.7. The second kappa shape index (κ2) is 28.8. The summed E-state index contributed by atoms with van der Waals surface area (Å²) in [6.07, 6.45) is 14.1. The predicted octanol–water partition coefficient (Wildman–Crippen LogP) is 13.4. The molecule has 1 atom stereocenters. The van der Waals surface area contributed by atoms with Crippen LogP contribution in [0.1, 0.15) is 85.5 Å². The van der Waals surface area contributed by atoms with E-state index in [1.54, 1.807) is 23.5 Å². The highest BCUT2D eigenvalue weighted by atomic mass is 35.5. The van der Waals surface area contributed by atoms with Gasteiger partial charge < -0.3 is 24.2 Å². The van der Waals surface area contributed by atoms with E-state index in [9.17, 15) is 0 Å². The summed E-state index contributed by atoms with van der Waals surface area (Å²) in [7, 11) is 0. The van der Waals surface area contributed by atoms with Crippen LogP contribution in [0.2, 0.25) is 15.1 Å². The van der Waals surface area contributed by atoms with Gasteiger partial charge in [-0.15, -0.1) is 0 Å². The average Bonchev–Trinajstić information content (AvgIpc) is 1.56. The molecule has 104 heavy (non-hydrogen) atoms. The van der Waals surface area contributed by atoms with Crippen molar-refractivity contribution in [3.05, 3.63) is 277 Å². The first-order valence-electron chi connectivity index (χ1n) is 34.6. The van der Waals surface area contributed by atoms with E-state index in [4.69, 9.17) is 34.8 Å². The fourth-order valence-corrected chi connectivity index (χ4v) is 15.2. The number of fused-ring (bicyclic) bond motifs is 15. The molecule has 16 aromatic rings. The van der Waals surface area contributed by atoms with E-state index in [1.807, 2.05) is 124 Å². The van der Waals surface area contributed by atoms with Crippen molar-refractivity contribution in [2.75, 3.05) is 39.2 Å². The van der Waals surface area contributed by atoms with Crippen LogP contribution < -0.4 is 19.6 Å². The van der Waals surface area contributed by atoms with Crippen molar-refractivity contribution >= 4 is 97.9 Å². The normalized spacial score (nSPS) is 14.1. The molecule has 0 saturated heterocycles. The van der Waals surface area contributed by atoms with E-state index in [1.165, 1.54) is 45.5 Å². The molecule has 1 unspecified atom stereocenters. The molecule has 20 rings (SSSR count). The van der Waals surface area contributed by atoms with Gasteiger partial charge in [0.05, 0.1) is 18.4 Å². The van der Waals surface area contributed by atoms with E-state index < -0.39 is 0 Å². The van der Waals surface area contributed by atoms with Gasteiger partial charge in [-0.05, 0) is 119 Å². The monoisotopic (exact) mass is 1440 g/mol. The maximum absolute atomic E-state index is 6.33. The van der Waals surface area contributed by atoms with Crippen molar-refractivity contribution in [3.63, 3.8) is 0 Å². The second-order valence-electron chi connectivity index (χ2n) is 26.3. The Morgan fingerprint density at radius 3 is 1.29 bits per heavy atom. The Labute approximate surface area is 613 Å². The van der Waals surface area contributed by atoms with Crippen LogP contribution in [0.15, 0.2) is 183 Å². The third-order valence-corrected chi connectivity index (χ3v) is 20.8. The molecular formula is C77H73Cl3N24. The first-order valence-corrected chi connectivity index (χ1v) is 35.8. The molecule has 0 bridgehead atoms. The summed E-state index contributed by atoms with van der Waals surface area (Å²) < 4.78 is 11.4. The van der Waals surface area contributed by atoms with Crippen LogP contribution in [-0.4, -0.2) is 123 Å². The molecule has 0 amide bonds. The minimum atomic E-state index is 0.376. The van der Waals surface area contributed by atoms with Crippen LogP contribution in [0.3, 0.4) is 0 Å². The van der Waals surface area contributed by atoms with Gasteiger partial charge in [-0.2, -0.15) is 68.0 Å². The lowest BCUT2D eigenvalue weighted by molar-refractivity contribution is 0.661. The minimum Gasteiger partial charge on any atom is -0.352 e. The number of hydrogen-bond donors (Lipinski definition) is 0. The number of aryl methyl sites for hydroxylation is 5. The van der Waals surface area contributed by atoms with Gasteiger partial charge in [0.2, 0.25) is 0 Å². The Morgan fingerprint density at radius 2 is 0.779 bits per heavy atom. The van der Waals surface area contributed by atoms with E-state index >= 15 is 0 Å². The minimum absolute atomic E-state index is 0.376. The van der Waals surface area contributed by atoms with Gasteiger partial charge in [0.25, 0.3) is 23.1 Å². The number of benzene rings is 5. The van der Waals surface area contributed by atoms with Crippen LogP contribution in [0.25, 0.3) is 39.8 Å². The number of halogens is 3. The summed E-state index contributed by atoms with van der Waals surface area (Å²) in [5.74, 6) is 7.13. The Kier molecular flexibility index (Phi) is 18.5. The molecule has 0 radical (unpaired) electrons. The topological polar surface area (TPSA) is 220 Å². The Balaban J connectivity index is 0.000000100. The van der Waals surface area contributed by atoms with Crippen molar-refractivity contribution in [3.8, 4) is 0 Å². The first kappa shape index (κ1) is 67.0. The Hall–Kier alpha value is -11.5. The molecule has 15 heterocycles. The zero-order valence-electron chi connectivity index (χ0n) is 58.3. The van der Waals surface area contributed by atoms with Crippen molar-refractivity contribution in [2.45, 2.75) is 106 Å². The highest BCUT2D eigenvalue weighted by molar-refractivity contribution is 6.32. The average molecular weight is 1440 g/mol. The highest BCUT2D eigenvalue weighted by Gasteiger charge is 2.33. The van der Waals surface area contributed by atoms with Gasteiger partial charge in [-0.3, -0.25) is 0 Å². The van der Waals surface area contributed by atoms with Crippen molar-refractivity contribution < 1.29 is 0 Å². The zero-order chi connectivity index (χ0) is 71.1. The van der Waals surface area contributed by atoms with Crippen molar-refractivity contribution in [1.82, 2.24) is 97.5 Å². The van der Waals surface area contributed by atoms with Gasteiger partial charge in [0.1, 0.15) is 54.2 Å². The van der Waals surface area contributed by atoms with Crippen LogP contribution in [0.5, 0.6) is 0 Å². The maximum atomic E-state index is 6.33. The van der Waals surface area contributed by atoms with Gasteiger partial charge >= 0.3 is 0 Å². The SMILES string of the molecule is Cc1nc2ccnn2c2c1CCN2Cc1ccccc1.Cc1nc2ncnn2c2c1CC(C)N2Cc1ccccc1Cl.Cc1nc2ncnn2c2c1CCN2Cc1ccccc1.Cc1nc2ncnn2c2c1CCN2Cc1ccccc1Cl.Cc1nc2ncnn2c2c1ccn2Cc1ccccc1Cl. The number of anilines is 4. The molecule has 24 nitrogen and oxygen atoms in total. The summed E-state index contributed by atoms with van der Waals surface area (Å²) in [6, 6.07) is 49.3. The Morgan fingerprint density at radius 1 is 0.375 bits per heavy atom. The van der Waals surface area contributed by atoms with E-state index in [0.29, 0.717) is 35.7 Å². The van der Waals surface area contributed by atoms with Crippen LogP contribution in [0.4, 0.5) is 23.3 Å². The lowest BCUT2D eigenvalue weighted by Gasteiger charge is -2.25. The molecule has 5 aromatic carbocycles. The van der Waals surface area contributed by atoms with Crippen LogP contribution in [-0.2, 0) is 58.4 Å². The van der Waals surface area contributed by atoms with Crippen LogP contribution in [0, 0.1) is 34.6 Å².